The molecule has 0 saturated heterocycles. The van der Waals surface area contributed by atoms with Crippen LogP contribution in [0.15, 0.2) is 54.6 Å². The molecule has 1 unspecified atom stereocenters. The van der Waals surface area contributed by atoms with Crippen molar-refractivity contribution in [3.8, 4) is 16.9 Å². The highest BCUT2D eigenvalue weighted by Crippen LogP contribution is 2.40. The standard InChI is InChI=1S/C26H30Cl2O/c1-3-5-8-19(4-2)18-29-25-14-13-21-9-6-7-10-23(21)26(25)24-15-20(16-27)11-12-22(24)17-28/h6-7,9-15,19H,3-5,8,16-18H2,1-2H3. The fraction of sp³-hybridized carbons (Fsp3) is 0.385. The molecule has 1 atom stereocenters. The van der Waals surface area contributed by atoms with E-state index in [2.05, 4.69) is 68.4 Å². The summed E-state index contributed by atoms with van der Waals surface area (Å²) in [5, 5.41) is 2.38. The molecule has 0 saturated carbocycles. The zero-order valence-electron chi connectivity index (χ0n) is 17.4. The Labute approximate surface area is 185 Å². The molecular weight excluding hydrogens is 399 g/mol. The maximum atomic E-state index is 6.45. The van der Waals surface area contributed by atoms with Crippen LogP contribution in [-0.2, 0) is 11.8 Å². The minimum Gasteiger partial charge on any atom is -0.493 e. The van der Waals surface area contributed by atoms with Gasteiger partial charge in [0.15, 0.2) is 0 Å². The smallest absolute Gasteiger partial charge is 0.127 e. The van der Waals surface area contributed by atoms with Crippen molar-refractivity contribution in [2.75, 3.05) is 6.61 Å². The van der Waals surface area contributed by atoms with E-state index in [0.29, 0.717) is 17.7 Å². The highest BCUT2D eigenvalue weighted by atomic mass is 35.5. The van der Waals surface area contributed by atoms with Crippen molar-refractivity contribution in [3.05, 3.63) is 65.7 Å². The zero-order chi connectivity index (χ0) is 20.6. The van der Waals surface area contributed by atoms with E-state index >= 15 is 0 Å². The van der Waals surface area contributed by atoms with Crippen LogP contribution in [0.4, 0.5) is 0 Å². The van der Waals surface area contributed by atoms with Gasteiger partial charge in [0.1, 0.15) is 5.75 Å². The average molecular weight is 429 g/mol. The van der Waals surface area contributed by atoms with Crippen molar-refractivity contribution < 1.29 is 4.74 Å². The third-order valence-electron chi connectivity index (χ3n) is 5.65. The summed E-state index contributed by atoms with van der Waals surface area (Å²) in [6.45, 7) is 5.24. The highest BCUT2D eigenvalue weighted by molar-refractivity contribution is 6.18. The Morgan fingerprint density at radius 3 is 2.48 bits per heavy atom. The predicted octanol–water partition coefficient (Wildman–Crippen LogP) is 8.58. The second kappa shape index (κ2) is 10.9. The average Bonchev–Trinajstić information content (AvgIpc) is 2.78. The lowest BCUT2D eigenvalue weighted by Gasteiger charge is -2.20. The van der Waals surface area contributed by atoms with Gasteiger partial charge >= 0.3 is 0 Å². The van der Waals surface area contributed by atoms with E-state index < -0.39 is 0 Å². The molecule has 0 heterocycles. The number of alkyl halides is 2. The summed E-state index contributed by atoms with van der Waals surface area (Å²) in [4.78, 5) is 0. The number of rotatable bonds is 10. The molecule has 0 radical (unpaired) electrons. The summed E-state index contributed by atoms with van der Waals surface area (Å²) in [5.41, 5.74) is 4.42. The van der Waals surface area contributed by atoms with Gasteiger partial charge in [0.05, 0.1) is 6.61 Å². The molecule has 3 aromatic rings. The van der Waals surface area contributed by atoms with Crippen LogP contribution in [-0.4, -0.2) is 6.61 Å². The molecule has 0 aromatic heterocycles. The number of hydrogen-bond acceptors (Lipinski definition) is 1. The fourth-order valence-corrected chi connectivity index (χ4v) is 4.21. The van der Waals surface area contributed by atoms with E-state index in [4.69, 9.17) is 27.9 Å². The Morgan fingerprint density at radius 1 is 0.931 bits per heavy atom. The zero-order valence-corrected chi connectivity index (χ0v) is 18.9. The van der Waals surface area contributed by atoms with Gasteiger partial charge in [-0.1, -0.05) is 75.6 Å². The Balaban J connectivity index is 2.08. The Morgan fingerprint density at radius 2 is 1.76 bits per heavy atom. The first kappa shape index (κ1) is 22.0. The van der Waals surface area contributed by atoms with Crippen LogP contribution in [0.5, 0.6) is 5.75 Å². The molecule has 0 spiro atoms. The number of unbranched alkanes of at least 4 members (excludes halogenated alkanes) is 1. The SMILES string of the molecule is CCCCC(CC)COc1ccc2ccccc2c1-c1cc(CCl)ccc1CCl. The molecule has 0 aliphatic carbocycles. The van der Waals surface area contributed by atoms with E-state index in [0.717, 1.165) is 41.0 Å². The van der Waals surface area contributed by atoms with Crippen molar-refractivity contribution in [2.45, 2.75) is 51.3 Å². The molecular formula is C26H30Cl2O. The van der Waals surface area contributed by atoms with Gasteiger partial charge < -0.3 is 4.74 Å². The Hall–Kier alpha value is -1.70. The molecule has 3 rings (SSSR count). The van der Waals surface area contributed by atoms with Crippen molar-refractivity contribution >= 4 is 34.0 Å². The Bertz CT molecular complexity index is 935. The molecule has 3 aromatic carbocycles. The number of benzene rings is 3. The van der Waals surface area contributed by atoms with Crippen LogP contribution in [0.1, 0.15) is 50.7 Å². The van der Waals surface area contributed by atoms with Crippen LogP contribution in [0.2, 0.25) is 0 Å². The molecule has 0 aliphatic rings. The summed E-state index contributed by atoms with van der Waals surface area (Å²) in [6.07, 6.45) is 4.82. The number of fused-ring (bicyclic) bond motifs is 1. The quantitative estimate of drug-likeness (QED) is 0.293. The lowest BCUT2D eigenvalue weighted by atomic mass is 9.93. The summed E-state index contributed by atoms with van der Waals surface area (Å²) < 4.78 is 6.45. The van der Waals surface area contributed by atoms with Crippen LogP contribution >= 0.6 is 23.2 Å². The molecule has 3 heteroatoms. The molecule has 0 N–H and O–H groups in total. The second-order valence-corrected chi connectivity index (χ2v) is 8.18. The third kappa shape index (κ3) is 5.27. The molecule has 0 fully saturated rings. The van der Waals surface area contributed by atoms with Crippen molar-refractivity contribution in [1.29, 1.82) is 0 Å². The third-order valence-corrected chi connectivity index (χ3v) is 6.25. The fourth-order valence-electron chi connectivity index (χ4n) is 3.81. The molecule has 0 bridgehead atoms. The Kier molecular flexibility index (Phi) is 8.27. The topological polar surface area (TPSA) is 9.23 Å². The first-order valence-corrected chi connectivity index (χ1v) is 11.7. The van der Waals surface area contributed by atoms with Gasteiger partial charge in [0.2, 0.25) is 0 Å². The largest absolute Gasteiger partial charge is 0.493 e. The summed E-state index contributed by atoms with van der Waals surface area (Å²) in [5.74, 6) is 2.44. The van der Waals surface area contributed by atoms with Gasteiger partial charge in [-0.15, -0.1) is 23.2 Å². The van der Waals surface area contributed by atoms with Crippen LogP contribution in [0.25, 0.3) is 21.9 Å². The van der Waals surface area contributed by atoms with Gasteiger partial charge in [0, 0.05) is 17.3 Å². The maximum absolute atomic E-state index is 6.45. The highest BCUT2D eigenvalue weighted by Gasteiger charge is 2.16. The van der Waals surface area contributed by atoms with Crippen molar-refractivity contribution in [2.24, 2.45) is 5.92 Å². The minimum atomic E-state index is 0.453. The first-order valence-electron chi connectivity index (χ1n) is 10.6. The summed E-state index contributed by atoms with van der Waals surface area (Å²) in [7, 11) is 0. The van der Waals surface area contributed by atoms with Gasteiger partial charge in [-0.25, -0.2) is 0 Å². The lowest BCUT2D eigenvalue weighted by molar-refractivity contribution is 0.234. The van der Waals surface area contributed by atoms with E-state index in [1.807, 2.05) is 0 Å². The molecule has 1 nitrogen and oxygen atoms in total. The number of hydrogen-bond donors (Lipinski definition) is 0. The van der Waals surface area contributed by atoms with Crippen molar-refractivity contribution in [3.63, 3.8) is 0 Å². The van der Waals surface area contributed by atoms with Gasteiger partial charge in [-0.3, -0.25) is 0 Å². The van der Waals surface area contributed by atoms with E-state index in [1.54, 1.807) is 0 Å². The molecule has 29 heavy (non-hydrogen) atoms. The molecule has 0 aliphatic heterocycles. The van der Waals surface area contributed by atoms with Gasteiger partial charge in [-0.2, -0.15) is 0 Å². The molecule has 0 amide bonds. The van der Waals surface area contributed by atoms with Crippen LogP contribution in [0.3, 0.4) is 0 Å². The monoisotopic (exact) mass is 428 g/mol. The van der Waals surface area contributed by atoms with E-state index in [-0.39, 0.29) is 0 Å². The molecule has 154 valence electrons. The van der Waals surface area contributed by atoms with Gasteiger partial charge in [-0.05, 0) is 51.9 Å². The first-order chi connectivity index (χ1) is 14.2. The van der Waals surface area contributed by atoms with Crippen molar-refractivity contribution in [1.82, 2.24) is 0 Å². The number of halogens is 2. The number of ether oxygens (including phenoxy) is 1. The maximum Gasteiger partial charge on any atom is 0.127 e. The van der Waals surface area contributed by atoms with Crippen LogP contribution in [0, 0.1) is 5.92 Å². The van der Waals surface area contributed by atoms with Crippen LogP contribution < -0.4 is 4.74 Å². The summed E-state index contributed by atoms with van der Waals surface area (Å²) in [6, 6.07) is 19.0. The van der Waals surface area contributed by atoms with E-state index in [9.17, 15) is 0 Å². The van der Waals surface area contributed by atoms with Gasteiger partial charge in [0.25, 0.3) is 0 Å². The van der Waals surface area contributed by atoms with E-state index in [1.165, 1.54) is 30.0 Å². The minimum absolute atomic E-state index is 0.453. The lowest BCUT2D eigenvalue weighted by Crippen LogP contribution is -2.12. The summed E-state index contributed by atoms with van der Waals surface area (Å²) >= 11 is 12.5. The predicted molar refractivity (Wildman–Crippen MR) is 127 cm³/mol. The second-order valence-electron chi connectivity index (χ2n) is 7.65. The normalized spacial score (nSPS) is 12.3.